The van der Waals surface area contributed by atoms with Gasteiger partial charge in [0.25, 0.3) is 5.91 Å². The summed E-state index contributed by atoms with van der Waals surface area (Å²) < 4.78 is 103. The Bertz CT molecular complexity index is 1540. The van der Waals surface area contributed by atoms with Gasteiger partial charge in [0.2, 0.25) is 0 Å². The normalized spacial score (nSPS) is 14.0. The summed E-state index contributed by atoms with van der Waals surface area (Å²) in [6, 6.07) is 12.9. The molecule has 0 aromatic heterocycles. The van der Waals surface area contributed by atoms with Crippen molar-refractivity contribution in [1.82, 2.24) is 5.32 Å². The van der Waals surface area contributed by atoms with Crippen molar-refractivity contribution in [2.75, 3.05) is 0 Å². The average molecular weight is 635 g/mol. The number of benzene rings is 2. The number of nitrogens with zero attached hydrogens (tertiary/aromatic N) is 1. The SMILES string of the molecule is C=C(OC(C)C)C(F)=CC=C[C@@](Cc1ccccc1)(NC(=O)c1ccc(F)c(C#N)c1)C(=C)C=C(F)C=COC(F)(F)C(F)F. The number of ether oxygens (including phenoxy) is 2. The predicted molar refractivity (Wildman–Crippen MR) is 155 cm³/mol. The molecule has 12 heteroatoms. The van der Waals surface area contributed by atoms with Gasteiger partial charge in [0, 0.05) is 18.1 Å². The zero-order valence-corrected chi connectivity index (χ0v) is 24.2. The van der Waals surface area contributed by atoms with Crippen LogP contribution in [-0.2, 0) is 15.9 Å². The van der Waals surface area contributed by atoms with Crippen LogP contribution >= 0.6 is 0 Å². The second kappa shape index (κ2) is 16.1. The summed E-state index contributed by atoms with van der Waals surface area (Å²) in [4.78, 5) is 13.4. The summed E-state index contributed by atoms with van der Waals surface area (Å²) in [5.74, 6) is -4.23. The number of allylic oxidation sites excluding steroid dienone is 5. The summed E-state index contributed by atoms with van der Waals surface area (Å²) in [7, 11) is 0. The van der Waals surface area contributed by atoms with Crippen LogP contribution in [0.5, 0.6) is 0 Å². The Morgan fingerprint density at radius 2 is 1.78 bits per heavy atom. The Morgan fingerprint density at radius 3 is 2.38 bits per heavy atom. The Hall–Kier alpha value is -5.05. The van der Waals surface area contributed by atoms with Gasteiger partial charge >= 0.3 is 12.5 Å². The number of rotatable bonds is 15. The fraction of sp³-hybridized carbons (Fsp3) is 0.212. The zero-order valence-electron chi connectivity index (χ0n) is 24.2. The Kier molecular flexibility index (Phi) is 13.0. The molecule has 0 aliphatic heterocycles. The molecule has 238 valence electrons. The lowest BCUT2D eigenvalue weighted by molar-refractivity contribution is -0.274. The minimum atomic E-state index is -4.88. The van der Waals surface area contributed by atoms with Crippen LogP contribution in [0.4, 0.5) is 30.7 Å². The van der Waals surface area contributed by atoms with Crippen LogP contribution in [0.15, 0.2) is 121 Å². The van der Waals surface area contributed by atoms with Crippen LogP contribution in [0.3, 0.4) is 0 Å². The highest BCUT2D eigenvalue weighted by Crippen LogP contribution is 2.29. The number of nitriles is 1. The van der Waals surface area contributed by atoms with E-state index in [1.165, 1.54) is 6.08 Å². The van der Waals surface area contributed by atoms with E-state index in [9.17, 15) is 40.8 Å². The number of halogens is 7. The minimum Gasteiger partial charge on any atom is -0.489 e. The Labute approximate surface area is 256 Å². The van der Waals surface area contributed by atoms with Crippen molar-refractivity contribution < 1.29 is 45.0 Å². The summed E-state index contributed by atoms with van der Waals surface area (Å²) in [6.45, 7) is 10.6. The Morgan fingerprint density at radius 1 is 1.11 bits per heavy atom. The van der Waals surface area contributed by atoms with Crippen molar-refractivity contribution in [3.8, 4) is 6.07 Å². The maximum atomic E-state index is 14.9. The van der Waals surface area contributed by atoms with Crippen molar-refractivity contribution in [1.29, 1.82) is 5.26 Å². The van der Waals surface area contributed by atoms with Crippen LogP contribution in [-0.4, -0.2) is 30.1 Å². The first-order chi connectivity index (χ1) is 21.1. The summed E-state index contributed by atoms with van der Waals surface area (Å²) in [5, 5.41) is 11.9. The van der Waals surface area contributed by atoms with E-state index < -0.39 is 53.1 Å². The molecule has 1 atom stereocenters. The van der Waals surface area contributed by atoms with E-state index >= 15 is 0 Å². The molecular formula is C33H29F7N2O3. The molecule has 2 aromatic rings. The number of hydrogen-bond acceptors (Lipinski definition) is 4. The molecule has 0 saturated heterocycles. The van der Waals surface area contributed by atoms with Crippen molar-refractivity contribution in [2.24, 2.45) is 0 Å². The third-order valence-corrected chi connectivity index (χ3v) is 5.87. The number of hydrogen-bond donors (Lipinski definition) is 1. The van der Waals surface area contributed by atoms with Crippen molar-refractivity contribution in [3.05, 3.63) is 144 Å². The van der Waals surface area contributed by atoms with Gasteiger partial charge in [-0.1, -0.05) is 55.6 Å². The van der Waals surface area contributed by atoms with E-state index in [0.717, 1.165) is 30.4 Å². The molecule has 2 rings (SSSR count). The standard InChI is InChI=1S/C33H29F7N2O3/c1-21(2)45-23(4)28(35)11-8-15-32(19-24-9-6-5-7-10-24,42-30(43)25-12-13-29(36)26(18-25)20-41)22(3)17-27(34)14-16-44-33(39,40)31(37)38/h5-18,21,31H,3-4,19H2,1-2H3,(H,42,43)/t32-/m0/s1. The predicted octanol–water partition coefficient (Wildman–Crippen LogP) is 8.55. The van der Waals surface area contributed by atoms with E-state index in [1.807, 2.05) is 0 Å². The summed E-state index contributed by atoms with van der Waals surface area (Å²) >= 11 is 0. The maximum absolute atomic E-state index is 14.9. The summed E-state index contributed by atoms with van der Waals surface area (Å²) in [6.07, 6.45) is -5.15. The first kappa shape index (κ1) is 36.1. The van der Waals surface area contributed by atoms with Crippen LogP contribution in [0.2, 0.25) is 0 Å². The zero-order chi connectivity index (χ0) is 33.8. The van der Waals surface area contributed by atoms with Gasteiger partial charge in [-0.3, -0.25) is 4.79 Å². The number of carbonyl (C=O) groups is 1. The van der Waals surface area contributed by atoms with Gasteiger partial charge in [0.15, 0.2) is 5.83 Å². The van der Waals surface area contributed by atoms with E-state index in [2.05, 4.69) is 23.2 Å². The molecule has 0 spiro atoms. The number of amides is 1. The molecule has 0 bridgehead atoms. The summed E-state index contributed by atoms with van der Waals surface area (Å²) in [5.41, 5.74) is -2.07. The van der Waals surface area contributed by atoms with Crippen molar-refractivity contribution in [2.45, 2.75) is 44.4 Å². The van der Waals surface area contributed by atoms with E-state index in [4.69, 9.17) is 4.74 Å². The molecule has 0 radical (unpaired) electrons. The maximum Gasteiger partial charge on any atom is 0.460 e. The molecule has 2 aromatic carbocycles. The largest absolute Gasteiger partial charge is 0.489 e. The van der Waals surface area contributed by atoms with Crippen LogP contribution < -0.4 is 5.32 Å². The van der Waals surface area contributed by atoms with Crippen LogP contribution in [0.25, 0.3) is 0 Å². The van der Waals surface area contributed by atoms with Gasteiger partial charge < -0.3 is 14.8 Å². The monoisotopic (exact) mass is 634 g/mol. The number of nitrogens with one attached hydrogen (secondary N) is 1. The quantitative estimate of drug-likeness (QED) is 0.121. The lowest BCUT2D eigenvalue weighted by atomic mass is 9.82. The smallest absolute Gasteiger partial charge is 0.460 e. The van der Waals surface area contributed by atoms with E-state index in [0.29, 0.717) is 17.7 Å². The first-order valence-corrected chi connectivity index (χ1v) is 13.1. The second-order valence-corrected chi connectivity index (χ2v) is 9.70. The molecule has 0 unspecified atom stereocenters. The van der Waals surface area contributed by atoms with Crippen LogP contribution in [0.1, 0.15) is 35.3 Å². The topological polar surface area (TPSA) is 71.3 Å². The highest BCUT2D eigenvalue weighted by Gasteiger charge is 2.42. The molecule has 0 saturated carbocycles. The van der Waals surface area contributed by atoms with Gasteiger partial charge in [-0.15, -0.1) is 0 Å². The third kappa shape index (κ3) is 10.9. The van der Waals surface area contributed by atoms with Crippen molar-refractivity contribution in [3.63, 3.8) is 0 Å². The van der Waals surface area contributed by atoms with Gasteiger partial charge in [-0.05, 0) is 55.3 Å². The van der Waals surface area contributed by atoms with Gasteiger partial charge in [0.05, 0.1) is 23.5 Å². The molecule has 0 fully saturated rings. The molecule has 45 heavy (non-hydrogen) atoms. The Balaban J connectivity index is 2.66. The number of alkyl halides is 4. The third-order valence-electron chi connectivity index (χ3n) is 5.87. The van der Waals surface area contributed by atoms with E-state index in [1.54, 1.807) is 50.2 Å². The average Bonchev–Trinajstić information content (AvgIpc) is 2.97. The van der Waals surface area contributed by atoms with Crippen molar-refractivity contribution >= 4 is 5.91 Å². The molecule has 0 aliphatic carbocycles. The van der Waals surface area contributed by atoms with Gasteiger partial charge in [-0.25, -0.2) is 13.2 Å². The first-order valence-electron chi connectivity index (χ1n) is 13.1. The number of carbonyl (C=O) groups excluding carboxylic acids is 1. The lowest BCUT2D eigenvalue weighted by Gasteiger charge is -2.33. The molecular weight excluding hydrogens is 605 g/mol. The minimum absolute atomic E-state index is 0.0267. The fourth-order valence-electron chi connectivity index (χ4n) is 3.71. The molecule has 1 amide bonds. The highest BCUT2D eigenvalue weighted by atomic mass is 19.3. The van der Waals surface area contributed by atoms with E-state index in [-0.39, 0.29) is 29.6 Å². The second-order valence-electron chi connectivity index (χ2n) is 9.70. The van der Waals surface area contributed by atoms with Gasteiger partial charge in [-0.2, -0.15) is 22.8 Å². The lowest BCUT2D eigenvalue weighted by Crippen LogP contribution is -2.49. The fourth-order valence-corrected chi connectivity index (χ4v) is 3.71. The van der Waals surface area contributed by atoms with Crippen LogP contribution in [0, 0.1) is 17.1 Å². The molecule has 1 N–H and O–H groups in total. The molecule has 0 aliphatic rings. The highest BCUT2D eigenvalue weighted by molar-refractivity contribution is 5.95. The van der Waals surface area contributed by atoms with Gasteiger partial charge in [0.1, 0.15) is 23.5 Å². The molecule has 0 heterocycles. The molecule has 5 nitrogen and oxygen atoms in total.